The first-order chi connectivity index (χ1) is 8.61. The summed E-state index contributed by atoms with van der Waals surface area (Å²) in [5.41, 5.74) is 0.722. The molecular formula is C13H16FNOS2. The zero-order chi connectivity index (χ0) is 13.2. The fourth-order valence-electron chi connectivity index (χ4n) is 2.46. The summed E-state index contributed by atoms with van der Waals surface area (Å²) in [6.07, 6.45) is 2.61. The molecule has 1 aromatic carbocycles. The van der Waals surface area contributed by atoms with Crippen molar-refractivity contribution in [3.05, 3.63) is 35.6 Å². The Morgan fingerprint density at radius 1 is 1.50 bits per heavy atom. The quantitative estimate of drug-likeness (QED) is 0.670. The van der Waals surface area contributed by atoms with Crippen LogP contribution in [0.15, 0.2) is 24.3 Å². The van der Waals surface area contributed by atoms with Crippen molar-refractivity contribution in [2.24, 2.45) is 0 Å². The number of rotatable bonds is 2. The largest absolute Gasteiger partial charge is 0.615 e. The van der Waals surface area contributed by atoms with Gasteiger partial charge in [-0.2, -0.15) is 0 Å². The fraction of sp³-hybridized carbons (Fsp3) is 0.462. The zero-order valence-corrected chi connectivity index (χ0v) is 11.9. The molecule has 5 heteroatoms. The molecule has 0 aliphatic carbocycles. The summed E-state index contributed by atoms with van der Waals surface area (Å²) >= 11 is 4.27. The Hall–Kier alpha value is -0.650. The molecular weight excluding hydrogens is 269 g/mol. The molecule has 0 spiro atoms. The molecule has 1 saturated heterocycles. The highest BCUT2D eigenvalue weighted by atomic mass is 32.2. The number of halogens is 1. The molecule has 1 heterocycles. The summed E-state index contributed by atoms with van der Waals surface area (Å²) in [6, 6.07) is 6.31. The van der Waals surface area contributed by atoms with Crippen LogP contribution in [0.4, 0.5) is 4.39 Å². The molecule has 0 unspecified atom stereocenters. The third kappa shape index (κ3) is 2.27. The molecule has 0 amide bonds. The lowest BCUT2D eigenvalue weighted by Crippen LogP contribution is -2.50. The van der Waals surface area contributed by atoms with Gasteiger partial charge in [-0.3, -0.25) is 0 Å². The van der Waals surface area contributed by atoms with Crippen molar-refractivity contribution in [3.8, 4) is 0 Å². The molecule has 1 aliphatic heterocycles. The van der Waals surface area contributed by atoms with Crippen molar-refractivity contribution in [3.63, 3.8) is 0 Å². The van der Waals surface area contributed by atoms with Gasteiger partial charge in [-0.1, -0.05) is 24.4 Å². The van der Waals surface area contributed by atoms with Crippen LogP contribution in [0.3, 0.4) is 0 Å². The normalized spacial score (nSPS) is 27.8. The van der Waals surface area contributed by atoms with E-state index in [2.05, 4.69) is 5.32 Å². The molecule has 0 saturated carbocycles. The number of benzene rings is 1. The second kappa shape index (κ2) is 5.55. The van der Waals surface area contributed by atoms with E-state index in [0.29, 0.717) is 17.2 Å². The van der Waals surface area contributed by atoms with Gasteiger partial charge >= 0.3 is 0 Å². The number of thiocarbonyl (C=S) groups is 1. The van der Waals surface area contributed by atoms with E-state index in [1.807, 2.05) is 6.07 Å². The van der Waals surface area contributed by atoms with Crippen molar-refractivity contribution in [1.29, 1.82) is 0 Å². The minimum Gasteiger partial charge on any atom is -0.615 e. The Balaban J connectivity index is 2.51. The lowest BCUT2D eigenvalue weighted by atomic mass is 9.91. The summed E-state index contributed by atoms with van der Waals surface area (Å²) in [5.74, 6) is 0.312. The molecule has 2 nitrogen and oxygen atoms in total. The van der Waals surface area contributed by atoms with Gasteiger partial charge in [-0.05, 0) is 36.2 Å². The minimum absolute atomic E-state index is 0.312. The molecule has 1 fully saturated rings. The summed E-state index contributed by atoms with van der Waals surface area (Å²) in [7, 11) is 1.73. The predicted molar refractivity (Wildman–Crippen MR) is 76.6 cm³/mol. The van der Waals surface area contributed by atoms with Gasteiger partial charge < -0.3 is 9.87 Å². The SMILES string of the molecule is CNC(=S)[C@@]1(c2cccc(F)c2)CCCC[S@+]1[O-]. The summed E-state index contributed by atoms with van der Waals surface area (Å²) in [6.45, 7) is 0. The van der Waals surface area contributed by atoms with Crippen LogP contribution < -0.4 is 5.32 Å². The van der Waals surface area contributed by atoms with Gasteiger partial charge in [0.05, 0.1) is 0 Å². The molecule has 1 N–H and O–H groups in total. The standard InChI is InChI=1S/C13H16FNOS2/c1-15-12(17)13(7-2-3-8-18(13)16)10-5-4-6-11(14)9-10/h4-6,9H,2-3,7-8H2,1H3,(H,15,17)/t13-,18-/m0/s1. The zero-order valence-electron chi connectivity index (χ0n) is 10.2. The van der Waals surface area contributed by atoms with Gasteiger partial charge in [-0.15, -0.1) is 0 Å². The third-order valence-corrected chi connectivity index (χ3v) is 6.14. The average molecular weight is 285 g/mol. The highest BCUT2D eigenvalue weighted by Crippen LogP contribution is 2.41. The van der Waals surface area contributed by atoms with Crippen LogP contribution in [0.25, 0.3) is 0 Å². The molecule has 1 aliphatic rings. The van der Waals surface area contributed by atoms with Crippen LogP contribution >= 0.6 is 12.2 Å². The monoisotopic (exact) mass is 285 g/mol. The molecule has 1 aromatic rings. The first kappa shape index (κ1) is 13.8. The van der Waals surface area contributed by atoms with Crippen LogP contribution in [0.5, 0.6) is 0 Å². The van der Waals surface area contributed by atoms with Crippen molar-refractivity contribution in [2.45, 2.75) is 24.0 Å². The van der Waals surface area contributed by atoms with Crippen LogP contribution in [-0.2, 0) is 15.9 Å². The number of hydrogen-bond donors (Lipinski definition) is 1. The lowest BCUT2D eigenvalue weighted by molar-refractivity contribution is 0.512. The maximum atomic E-state index is 13.4. The maximum absolute atomic E-state index is 13.4. The van der Waals surface area contributed by atoms with Gasteiger partial charge in [0.25, 0.3) is 0 Å². The first-order valence-electron chi connectivity index (χ1n) is 5.98. The Morgan fingerprint density at radius 3 is 2.89 bits per heavy atom. The van der Waals surface area contributed by atoms with Crippen molar-refractivity contribution in [2.75, 3.05) is 12.8 Å². The van der Waals surface area contributed by atoms with Crippen LogP contribution in [-0.4, -0.2) is 22.3 Å². The number of hydrogen-bond acceptors (Lipinski definition) is 2. The van der Waals surface area contributed by atoms with E-state index in [1.165, 1.54) is 12.1 Å². The molecule has 0 aromatic heterocycles. The van der Waals surface area contributed by atoms with Gasteiger partial charge in [0, 0.05) is 19.0 Å². The fourth-order valence-corrected chi connectivity index (χ4v) is 4.84. The first-order valence-corrected chi connectivity index (χ1v) is 7.70. The van der Waals surface area contributed by atoms with Gasteiger partial charge in [0.15, 0.2) is 4.75 Å². The summed E-state index contributed by atoms with van der Waals surface area (Å²) < 4.78 is 25.2. The molecule has 18 heavy (non-hydrogen) atoms. The third-order valence-electron chi connectivity index (χ3n) is 3.38. The van der Waals surface area contributed by atoms with Crippen LogP contribution in [0.2, 0.25) is 0 Å². The lowest BCUT2D eigenvalue weighted by Gasteiger charge is -2.39. The average Bonchev–Trinajstić information content (AvgIpc) is 2.38. The molecule has 98 valence electrons. The Morgan fingerprint density at radius 2 is 2.28 bits per heavy atom. The highest BCUT2D eigenvalue weighted by Gasteiger charge is 2.49. The predicted octanol–water partition coefficient (Wildman–Crippen LogP) is 2.50. The van der Waals surface area contributed by atoms with Crippen molar-refractivity contribution in [1.82, 2.24) is 5.32 Å². The highest BCUT2D eigenvalue weighted by molar-refractivity contribution is 7.95. The van der Waals surface area contributed by atoms with Crippen molar-refractivity contribution >= 4 is 28.4 Å². The van der Waals surface area contributed by atoms with E-state index >= 15 is 0 Å². The van der Waals surface area contributed by atoms with E-state index in [0.717, 1.165) is 18.4 Å². The Bertz CT molecular complexity index is 454. The van der Waals surface area contributed by atoms with Gasteiger partial charge in [0.2, 0.25) is 0 Å². The van der Waals surface area contributed by atoms with Crippen molar-refractivity contribution < 1.29 is 8.94 Å². The number of likely N-dealkylation sites (N-methyl/N-ethyl adjacent to an activating group) is 1. The molecule has 0 radical (unpaired) electrons. The van der Waals surface area contributed by atoms with E-state index in [4.69, 9.17) is 12.2 Å². The van der Waals surface area contributed by atoms with E-state index in [1.54, 1.807) is 13.1 Å². The smallest absolute Gasteiger partial charge is 0.200 e. The van der Waals surface area contributed by atoms with Crippen LogP contribution in [0.1, 0.15) is 24.8 Å². The second-order valence-corrected chi connectivity index (χ2v) is 6.63. The second-order valence-electron chi connectivity index (χ2n) is 4.42. The van der Waals surface area contributed by atoms with Gasteiger partial charge in [-0.25, -0.2) is 4.39 Å². The topological polar surface area (TPSA) is 35.1 Å². The Kier molecular flexibility index (Phi) is 4.25. The minimum atomic E-state index is -1.10. The molecule has 2 atom stereocenters. The van der Waals surface area contributed by atoms with E-state index in [-0.39, 0.29) is 5.82 Å². The summed E-state index contributed by atoms with van der Waals surface area (Å²) in [4.78, 5) is 0.547. The Labute approximate surface area is 115 Å². The van der Waals surface area contributed by atoms with E-state index < -0.39 is 15.9 Å². The maximum Gasteiger partial charge on any atom is 0.200 e. The number of nitrogens with one attached hydrogen (secondary N) is 1. The van der Waals surface area contributed by atoms with Gasteiger partial charge in [0.1, 0.15) is 16.6 Å². The van der Waals surface area contributed by atoms with E-state index in [9.17, 15) is 8.94 Å². The summed E-state index contributed by atoms with van der Waals surface area (Å²) in [5, 5.41) is 2.94. The molecule has 0 bridgehead atoms. The molecule has 2 rings (SSSR count). The van der Waals surface area contributed by atoms with Crippen LogP contribution in [0, 0.1) is 5.82 Å².